The van der Waals surface area contributed by atoms with Gasteiger partial charge in [0.2, 0.25) is 5.91 Å². The Morgan fingerprint density at radius 1 is 1.24 bits per heavy atom. The van der Waals surface area contributed by atoms with Crippen molar-refractivity contribution in [2.75, 3.05) is 20.1 Å². The normalized spacial score (nSPS) is 10.7. The zero-order valence-corrected chi connectivity index (χ0v) is 12.3. The SMILES string of the molecule is CNCCNC(=O)CCc1ccccc1OC(F)(F)F.Cl. The Hall–Kier alpha value is -1.47. The molecule has 0 bridgehead atoms. The van der Waals surface area contributed by atoms with Crippen LogP contribution in [-0.4, -0.2) is 32.4 Å². The largest absolute Gasteiger partial charge is 0.573 e. The third-order valence-electron chi connectivity index (χ3n) is 2.52. The van der Waals surface area contributed by atoms with Gasteiger partial charge in [-0.05, 0) is 25.1 Å². The molecule has 120 valence electrons. The number of nitrogens with one attached hydrogen (secondary N) is 2. The first-order valence-corrected chi connectivity index (χ1v) is 6.17. The van der Waals surface area contributed by atoms with E-state index in [0.29, 0.717) is 18.7 Å². The smallest absolute Gasteiger partial charge is 0.406 e. The molecule has 0 aliphatic carbocycles. The van der Waals surface area contributed by atoms with Crippen LogP contribution in [0.25, 0.3) is 0 Å². The number of amides is 1. The Morgan fingerprint density at radius 2 is 1.90 bits per heavy atom. The summed E-state index contributed by atoms with van der Waals surface area (Å²) in [6.45, 7) is 1.12. The molecule has 8 heteroatoms. The average Bonchev–Trinajstić information content (AvgIpc) is 2.36. The van der Waals surface area contributed by atoms with Crippen molar-refractivity contribution in [3.8, 4) is 5.75 Å². The predicted octanol–water partition coefficient (Wildman–Crippen LogP) is 2.28. The van der Waals surface area contributed by atoms with Crippen LogP contribution in [0.2, 0.25) is 0 Å². The Kier molecular flexibility index (Phi) is 8.80. The quantitative estimate of drug-likeness (QED) is 0.756. The van der Waals surface area contributed by atoms with Crippen LogP contribution in [0, 0.1) is 0 Å². The van der Waals surface area contributed by atoms with Crippen molar-refractivity contribution in [1.29, 1.82) is 0 Å². The Bertz CT molecular complexity index is 442. The molecule has 0 fully saturated rings. The first kappa shape index (κ1) is 19.5. The molecule has 4 nitrogen and oxygen atoms in total. The fraction of sp³-hybridized carbons (Fsp3) is 0.462. The van der Waals surface area contributed by atoms with E-state index in [1.54, 1.807) is 13.1 Å². The lowest BCUT2D eigenvalue weighted by Crippen LogP contribution is -2.30. The van der Waals surface area contributed by atoms with Crippen LogP contribution in [0.3, 0.4) is 0 Å². The topological polar surface area (TPSA) is 50.4 Å². The van der Waals surface area contributed by atoms with Crippen LogP contribution in [0.1, 0.15) is 12.0 Å². The number of benzene rings is 1. The summed E-state index contributed by atoms with van der Waals surface area (Å²) in [7, 11) is 1.76. The number of aryl methyl sites for hydroxylation is 1. The highest BCUT2D eigenvalue weighted by Crippen LogP contribution is 2.26. The van der Waals surface area contributed by atoms with Crippen LogP contribution < -0.4 is 15.4 Å². The number of carbonyl (C=O) groups excluding carboxylic acids is 1. The number of halogens is 4. The third kappa shape index (κ3) is 8.41. The van der Waals surface area contributed by atoms with E-state index in [1.807, 2.05) is 0 Å². The third-order valence-corrected chi connectivity index (χ3v) is 2.52. The van der Waals surface area contributed by atoms with Crippen molar-refractivity contribution >= 4 is 18.3 Å². The van der Waals surface area contributed by atoms with Crippen molar-refractivity contribution < 1.29 is 22.7 Å². The molecule has 0 aromatic heterocycles. The molecule has 21 heavy (non-hydrogen) atoms. The highest BCUT2D eigenvalue weighted by molar-refractivity contribution is 5.85. The molecular weight excluding hydrogens is 309 g/mol. The van der Waals surface area contributed by atoms with E-state index in [4.69, 9.17) is 0 Å². The van der Waals surface area contributed by atoms with Crippen molar-refractivity contribution in [3.63, 3.8) is 0 Å². The second-order valence-corrected chi connectivity index (χ2v) is 4.11. The zero-order valence-electron chi connectivity index (χ0n) is 11.5. The summed E-state index contributed by atoms with van der Waals surface area (Å²) in [5.41, 5.74) is 0.355. The summed E-state index contributed by atoms with van der Waals surface area (Å²) in [5.74, 6) is -0.468. The Balaban J connectivity index is 0.00000400. The maximum atomic E-state index is 12.2. The summed E-state index contributed by atoms with van der Waals surface area (Å²) in [5, 5.41) is 5.53. The molecule has 0 aliphatic heterocycles. The molecule has 1 aromatic rings. The van der Waals surface area contributed by atoms with Crippen molar-refractivity contribution in [3.05, 3.63) is 29.8 Å². The van der Waals surface area contributed by atoms with Gasteiger partial charge in [-0.2, -0.15) is 0 Å². The lowest BCUT2D eigenvalue weighted by atomic mass is 10.1. The molecule has 0 unspecified atom stereocenters. The maximum Gasteiger partial charge on any atom is 0.573 e. The van der Waals surface area contributed by atoms with Gasteiger partial charge in [0.25, 0.3) is 0 Å². The van der Waals surface area contributed by atoms with E-state index >= 15 is 0 Å². The highest BCUT2D eigenvalue weighted by atomic mass is 35.5. The van der Waals surface area contributed by atoms with E-state index in [2.05, 4.69) is 15.4 Å². The standard InChI is InChI=1S/C13H17F3N2O2.ClH/c1-17-8-9-18-12(19)7-6-10-4-2-3-5-11(10)20-13(14,15)16;/h2-5,17H,6-9H2,1H3,(H,18,19);1H. The second kappa shape index (κ2) is 9.46. The van der Waals surface area contributed by atoms with Gasteiger partial charge in [0.05, 0.1) is 0 Å². The summed E-state index contributed by atoms with van der Waals surface area (Å²) >= 11 is 0. The van der Waals surface area contributed by atoms with Crippen LogP contribution >= 0.6 is 12.4 Å². The van der Waals surface area contributed by atoms with Crippen molar-refractivity contribution in [2.24, 2.45) is 0 Å². The van der Waals surface area contributed by atoms with Crippen LogP contribution in [0.15, 0.2) is 24.3 Å². The molecule has 0 heterocycles. The Morgan fingerprint density at radius 3 is 2.52 bits per heavy atom. The zero-order chi connectivity index (χ0) is 15.0. The number of hydrogen-bond acceptors (Lipinski definition) is 3. The van der Waals surface area contributed by atoms with E-state index in [0.717, 1.165) is 0 Å². The summed E-state index contributed by atoms with van der Waals surface area (Å²) < 4.78 is 40.6. The van der Waals surface area contributed by atoms with Crippen molar-refractivity contribution in [2.45, 2.75) is 19.2 Å². The molecule has 0 atom stereocenters. The van der Waals surface area contributed by atoms with Gasteiger partial charge in [0.1, 0.15) is 5.75 Å². The van der Waals surface area contributed by atoms with Gasteiger partial charge in [-0.3, -0.25) is 4.79 Å². The van der Waals surface area contributed by atoms with Gasteiger partial charge in [-0.15, -0.1) is 25.6 Å². The summed E-state index contributed by atoms with van der Waals surface area (Å²) in [6.07, 6.45) is -4.43. The van der Waals surface area contributed by atoms with Gasteiger partial charge in [-0.25, -0.2) is 0 Å². The first-order chi connectivity index (χ1) is 9.42. The molecule has 1 rings (SSSR count). The number of ether oxygens (including phenoxy) is 1. The summed E-state index contributed by atoms with van der Waals surface area (Å²) in [4.78, 5) is 11.5. The monoisotopic (exact) mass is 326 g/mol. The average molecular weight is 327 g/mol. The maximum absolute atomic E-state index is 12.2. The van der Waals surface area contributed by atoms with Crippen LogP contribution in [0.5, 0.6) is 5.75 Å². The lowest BCUT2D eigenvalue weighted by Gasteiger charge is -2.13. The van der Waals surface area contributed by atoms with Gasteiger partial charge in [0.15, 0.2) is 0 Å². The lowest BCUT2D eigenvalue weighted by molar-refractivity contribution is -0.274. The molecular formula is C13H18ClF3N2O2. The van der Waals surface area contributed by atoms with Crippen LogP contribution in [-0.2, 0) is 11.2 Å². The molecule has 0 saturated carbocycles. The van der Waals surface area contributed by atoms with Crippen LogP contribution in [0.4, 0.5) is 13.2 Å². The number of para-hydroxylation sites is 1. The number of likely N-dealkylation sites (N-methyl/N-ethyl adjacent to an activating group) is 1. The molecule has 1 aromatic carbocycles. The predicted molar refractivity (Wildman–Crippen MR) is 75.6 cm³/mol. The second-order valence-electron chi connectivity index (χ2n) is 4.11. The van der Waals surface area contributed by atoms with Gasteiger partial charge >= 0.3 is 6.36 Å². The van der Waals surface area contributed by atoms with E-state index < -0.39 is 6.36 Å². The van der Waals surface area contributed by atoms with E-state index in [-0.39, 0.29) is 36.9 Å². The minimum Gasteiger partial charge on any atom is -0.406 e. The molecule has 2 N–H and O–H groups in total. The van der Waals surface area contributed by atoms with Gasteiger partial charge in [0, 0.05) is 19.5 Å². The van der Waals surface area contributed by atoms with E-state index in [9.17, 15) is 18.0 Å². The fourth-order valence-corrected chi connectivity index (χ4v) is 1.60. The minimum absolute atomic E-state index is 0. The fourth-order valence-electron chi connectivity index (χ4n) is 1.60. The van der Waals surface area contributed by atoms with Gasteiger partial charge in [-0.1, -0.05) is 18.2 Å². The van der Waals surface area contributed by atoms with E-state index in [1.165, 1.54) is 18.2 Å². The number of hydrogen-bond donors (Lipinski definition) is 2. The molecule has 0 saturated heterocycles. The summed E-state index contributed by atoms with van der Waals surface area (Å²) in [6, 6.07) is 5.82. The molecule has 1 amide bonds. The molecule has 0 aliphatic rings. The Labute approximate surface area is 127 Å². The minimum atomic E-state index is -4.73. The van der Waals surface area contributed by atoms with Gasteiger partial charge < -0.3 is 15.4 Å². The number of carbonyl (C=O) groups is 1. The molecule has 0 radical (unpaired) electrons. The first-order valence-electron chi connectivity index (χ1n) is 6.17. The highest BCUT2D eigenvalue weighted by Gasteiger charge is 2.31. The number of alkyl halides is 3. The molecule has 0 spiro atoms. The number of rotatable bonds is 7. The van der Waals surface area contributed by atoms with Crippen molar-refractivity contribution in [1.82, 2.24) is 10.6 Å².